The van der Waals surface area contributed by atoms with Crippen LogP contribution in [0, 0.1) is 23.1 Å². The standard InChI is InChI=1S/C15H18BrF/c16-10-15(9-12-1-4-13(15)7-12)8-11-2-5-14(17)6-3-11/h2-3,5-6,12-13H,1,4,7-10H2. The van der Waals surface area contributed by atoms with Gasteiger partial charge in [-0.1, -0.05) is 34.5 Å². The smallest absolute Gasteiger partial charge is 0.123 e. The summed E-state index contributed by atoms with van der Waals surface area (Å²) in [5, 5.41) is 1.10. The largest absolute Gasteiger partial charge is 0.207 e. The monoisotopic (exact) mass is 296 g/mol. The maximum Gasteiger partial charge on any atom is 0.123 e. The van der Waals surface area contributed by atoms with Crippen molar-refractivity contribution in [3.63, 3.8) is 0 Å². The van der Waals surface area contributed by atoms with Crippen LogP contribution in [0.3, 0.4) is 0 Å². The molecule has 0 aliphatic heterocycles. The maximum absolute atomic E-state index is 12.9. The van der Waals surface area contributed by atoms with E-state index in [1.165, 1.54) is 31.2 Å². The maximum atomic E-state index is 12.9. The molecule has 2 saturated carbocycles. The number of benzene rings is 1. The van der Waals surface area contributed by atoms with Crippen molar-refractivity contribution in [2.75, 3.05) is 5.33 Å². The van der Waals surface area contributed by atoms with Crippen molar-refractivity contribution in [3.8, 4) is 0 Å². The molecule has 17 heavy (non-hydrogen) atoms. The number of fused-ring (bicyclic) bond motifs is 2. The van der Waals surface area contributed by atoms with Gasteiger partial charge in [-0.2, -0.15) is 0 Å². The Kier molecular flexibility index (Phi) is 3.02. The molecule has 3 rings (SSSR count). The summed E-state index contributed by atoms with van der Waals surface area (Å²) in [4.78, 5) is 0. The predicted molar refractivity (Wildman–Crippen MR) is 71.8 cm³/mol. The average Bonchev–Trinajstić information content (AvgIpc) is 2.93. The SMILES string of the molecule is Fc1ccc(CC2(CBr)CC3CCC2C3)cc1. The molecule has 0 radical (unpaired) electrons. The van der Waals surface area contributed by atoms with Gasteiger partial charge in [0.1, 0.15) is 5.82 Å². The Bertz CT molecular complexity index is 400. The molecule has 2 fully saturated rings. The van der Waals surface area contributed by atoms with Crippen LogP contribution in [0.4, 0.5) is 4.39 Å². The Balaban J connectivity index is 1.80. The van der Waals surface area contributed by atoms with Crippen LogP contribution >= 0.6 is 15.9 Å². The number of alkyl halides is 1. The molecule has 2 aliphatic carbocycles. The van der Waals surface area contributed by atoms with Gasteiger partial charge in [0.05, 0.1) is 0 Å². The normalized spacial score (nSPS) is 35.4. The van der Waals surface area contributed by atoms with Crippen LogP contribution in [0.1, 0.15) is 31.2 Å². The fourth-order valence-electron chi connectivity index (χ4n) is 3.99. The second-order valence-electron chi connectivity index (χ2n) is 5.88. The Morgan fingerprint density at radius 1 is 1.24 bits per heavy atom. The topological polar surface area (TPSA) is 0 Å². The van der Waals surface area contributed by atoms with Crippen molar-refractivity contribution < 1.29 is 4.39 Å². The van der Waals surface area contributed by atoms with Gasteiger partial charge in [0.15, 0.2) is 0 Å². The van der Waals surface area contributed by atoms with Crippen LogP contribution in [0.25, 0.3) is 0 Å². The van der Waals surface area contributed by atoms with E-state index in [-0.39, 0.29) is 5.82 Å². The van der Waals surface area contributed by atoms with Crippen LogP contribution in [-0.2, 0) is 6.42 Å². The second kappa shape index (κ2) is 4.38. The molecule has 2 bridgehead atoms. The van der Waals surface area contributed by atoms with Crippen molar-refractivity contribution in [2.24, 2.45) is 17.3 Å². The Hall–Kier alpha value is -0.370. The fraction of sp³-hybridized carbons (Fsp3) is 0.600. The molecule has 2 aliphatic rings. The predicted octanol–water partition coefficient (Wildman–Crippen LogP) is 4.57. The molecule has 92 valence electrons. The summed E-state index contributed by atoms with van der Waals surface area (Å²) in [7, 11) is 0. The van der Waals surface area contributed by atoms with Crippen molar-refractivity contribution >= 4 is 15.9 Å². The van der Waals surface area contributed by atoms with Gasteiger partial charge in [-0.25, -0.2) is 4.39 Å². The van der Waals surface area contributed by atoms with E-state index in [0.29, 0.717) is 5.41 Å². The molecule has 1 aromatic rings. The van der Waals surface area contributed by atoms with E-state index >= 15 is 0 Å². The molecule has 0 amide bonds. The second-order valence-corrected chi connectivity index (χ2v) is 6.44. The van der Waals surface area contributed by atoms with E-state index in [1.54, 1.807) is 12.1 Å². The summed E-state index contributed by atoms with van der Waals surface area (Å²) in [5.74, 6) is 1.71. The molecule has 3 atom stereocenters. The lowest BCUT2D eigenvalue weighted by atomic mass is 9.71. The first-order valence-corrected chi connectivity index (χ1v) is 7.64. The van der Waals surface area contributed by atoms with Crippen LogP contribution < -0.4 is 0 Å². The van der Waals surface area contributed by atoms with Crippen LogP contribution in [0.15, 0.2) is 24.3 Å². The van der Waals surface area contributed by atoms with Crippen LogP contribution in [0.2, 0.25) is 0 Å². The molecule has 0 N–H and O–H groups in total. The Morgan fingerprint density at radius 3 is 2.53 bits per heavy atom. The van der Waals surface area contributed by atoms with Gasteiger partial charge in [-0.3, -0.25) is 0 Å². The molecule has 0 nitrogen and oxygen atoms in total. The van der Waals surface area contributed by atoms with Gasteiger partial charge in [-0.15, -0.1) is 0 Å². The highest BCUT2D eigenvalue weighted by molar-refractivity contribution is 9.09. The first-order chi connectivity index (χ1) is 8.22. The third-order valence-corrected chi connectivity index (χ3v) is 5.95. The minimum atomic E-state index is -0.130. The fourth-order valence-corrected chi connectivity index (χ4v) is 4.88. The molecule has 0 aromatic heterocycles. The summed E-state index contributed by atoms with van der Waals surface area (Å²) in [6, 6.07) is 7.08. The quantitative estimate of drug-likeness (QED) is 0.717. The molecular weight excluding hydrogens is 279 g/mol. The molecule has 2 heteroatoms. The van der Waals surface area contributed by atoms with E-state index in [4.69, 9.17) is 0 Å². The van der Waals surface area contributed by atoms with Gasteiger partial charge < -0.3 is 0 Å². The minimum Gasteiger partial charge on any atom is -0.207 e. The minimum absolute atomic E-state index is 0.130. The number of rotatable bonds is 3. The first kappa shape index (κ1) is 11.7. The zero-order valence-corrected chi connectivity index (χ0v) is 11.5. The molecule has 1 aromatic carbocycles. The summed E-state index contributed by atoms with van der Waals surface area (Å²) in [6.07, 6.45) is 6.73. The van der Waals surface area contributed by atoms with E-state index in [2.05, 4.69) is 15.9 Å². The lowest BCUT2D eigenvalue weighted by Gasteiger charge is -2.36. The first-order valence-electron chi connectivity index (χ1n) is 6.52. The van der Waals surface area contributed by atoms with Gasteiger partial charge >= 0.3 is 0 Å². The van der Waals surface area contributed by atoms with Crippen molar-refractivity contribution in [1.82, 2.24) is 0 Å². The average molecular weight is 297 g/mol. The summed E-state index contributed by atoms with van der Waals surface area (Å²) in [5.41, 5.74) is 1.74. The van der Waals surface area contributed by atoms with E-state index in [0.717, 1.165) is 23.6 Å². The van der Waals surface area contributed by atoms with E-state index < -0.39 is 0 Å². The third kappa shape index (κ3) is 2.05. The zero-order valence-electron chi connectivity index (χ0n) is 9.96. The Labute approximate surface area is 111 Å². The lowest BCUT2D eigenvalue weighted by Crippen LogP contribution is -2.32. The Morgan fingerprint density at radius 2 is 2.00 bits per heavy atom. The number of hydrogen-bond donors (Lipinski definition) is 0. The highest BCUT2D eigenvalue weighted by atomic mass is 79.9. The summed E-state index contributed by atoms with van der Waals surface area (Å²) >= 11 is 3.73. The molecule has 0 spiro atoms. The molecule has 3 unspecified atom stereocenters. The van der Waals surface area contributed by atoms with Gasteiger partial charge in [-0.05, 0) is 60.6 Å². The van der Waals surface area contributed by atoms with Crippen molar-refractivity contribution in [1.29, 1.82) is 0 Å². The van der Waals surface area contributed by atoms with Gasteiger partial charge in [0, 0.05) is 5.33 Å². The highest BCUT2D eigenvalue weighted by Crippen LogP contribution is 2.57. The van der Waals surface area contributed by atoms with Gasteiger partial charge in [0.25, 0.3) is 0 Å². The van der Waals surface area contributed by atoms with Crippen molar-refractivity contribution in [2.45, 2.75) is 32.1 Å². The highest BCUT2D eigenvalue weighted by Gasteiger charge is 2.49. The van der Waals surface area contributed by atoms with Gasteiger partial charge in [0.2, 0.25) is 0 Å². The molecular formula is C15H18BrF. The van der Waals surface area contributed by atoms with Crippen molar-refractivity contribution in [3.05, 3.63) is 35.6 Å². The molecule has 0 heterocycles. The number of hydrogen-bond acceptors (Lipinski definition) is 0. The summed E-state index contributed by atoms with van der Waals surface area (Å²) in [6.45, 7) is 0. The van der Waals surface area contributed by atoms with E-state index in [1.807, 2.05) is 12.1 Å². The number of halogens is 2. The zero-order chi connectivity index (χ0) is 11.9. The lowest BCUT2D eigenvalue weighted by molar-refractivity contribution is 0.197. The third-order valence-electron chi connectivity index (χ3n) is 4.84. The van der Waals surface area contributed by atoms with Crippen LogP contribution in [0.5, 0.6) is 0 Å². The summed E-state index contributed by atoms with van der Waals surface area (Å²) < 4.78 is 12.9. The van der Waals surface area contributed by atoms with E-state index in [9.17, 15) is 4.39 Å². The van der Waals surface area contributed by atoms with Crippen LogP contribution in [-0.4, -0.2) is 5.33 Å². The molecule has 0 saturated heterocycles.